The van der Waals surface area contributed by atoms with Crippen LogP contribution in [0.1, 0.15) is 19.8 Å². The zero-order valence-electron chi connectivity index (χ0n) is 13.6. The van der Waals surface area contributed by atoms with Crippen LogP contribution in [-0.4, -0.2) is 48.4 Å². The van der Waals surface area contributed by atoms with Gasteiger partial charge in [0.05, 0.1) is 13.0 Å². The van der Waals surface area contributed by atoms with E-state index in [1.807, 2.05) is 0 Å². The highest BCUT2D eigenvalue weighted by atomic mass is 32.1. The van der Waals surface area contributed by atoms with Crippen LogP contribution in [0.15, 0.2) is 12.2 Å². The highest BCUT2D eigenvalue weighted by Gasteiger charge is 2.66. The fourth-order valence-electron chi connectivity index (χ4n) is 1.38. The van der Waals surface area contributed by atoms with Crippen molar-refractivity contribution in [2.75, 3.05) is 13.2 Å². The van der Waals surface area contributed by atoms with Gasteiger partial charge in [-0.2, -0.15) is 35.1 Å². The van der Waals surface area contributed by atoms with Crippen LogP contribution in [0.2, 0.25) is 0 Å². The molecule has 0 saturated carbocycles. The van der Waals surface area contributed by atoms with E-state index in [1.165, 1.54) is 5.32 Å². The highest BCUT2D eigenvalue weighted by Crippen LogP contribution is 2.37. The summed E-state index contributed by atoms with van der Waals surface area (Å²) in [6.07, 6.45) is -13.7. The normalized spacial score (nSPS) is 15.0. The summed E-state index contributed by atoms with van der Waals surface area (Å²) in [5, 5.41) is -2.53. The van der Waals surface area contributed by atoms with Crippen molar-refractivity contribution in [3.05, 3.63) is 12.2 Å². The second-order valence-corrected chi connectivity index (χ2v) is 5.82. The molecule has 0 saturated heterocycles. The third-order valence-corrected chi connectivity index (χ3v) is 2.88. The molecule has 158 valence electrons. The molecule has 0 bridgehead atoms. The van der Waals surface area contributed by atoms with Crippen LogP contribution in [0, 0.1) is 0 Å². The fourth-order valence-corrected chi connectivity index (χ4v) is 1.47. The summed E-state index contributed by atoms with van der Waals surface area (Å²) in [4.78, 5) is 23.4. The van der Waals surface area contributed by atoms with Crippen LogP contribution in [-0.2, 0) is 19.1 Å². The van der Waals surface area contributed by atoms with Crippen molar-refractivity contribution in [1.29, 1.82) is 0 Å². The molecule has 14 heteroatoms. The Labute approximate surface area is 153 Å². The van der Waals surface area contributed by atoms with Crippen LogP contribution in [0.25, 0.3) is 0 Å². The summed E-state index contributed by atoms with van der Waals surface area (Å²) < 4.78 is 110. The lowest BCUT2D eigenvalue weighted by molar-refractivity contribution is -0.348. The number of hydrogen-bond donors (Lipinski definition) is 2. The molecule has 1 amide bonds. The maximum atomic E-state index is 13.4. The molecule has 0 aromatic rings. The first-order valence-electron chi connectivity index (χ1n) is 6.96. The van der Waals surface area contributed by atoms with Gasteiger partial charge >= 0.3 is 30.0 Å². The van der Waals surface area contributed by atoms with Gasteiger partial charge in [0.1, 0.15) is 0 Å². The molecule has 1 N–H and O–H groups in total. The number of amides is 1. The minimum Gasteiger partial charge on any atom is -0.412 e. The number of esters is 1. The van der Waals surface area contributed by atoms with Crippen molar-refractivity contribution in [3.8, 4) is 0 Å². The van der Waals surface area contributed by atoms with E-state index in [0.717, 1.165) is 6.92 Å². The summed E-state index contributed by atoms with van der Waals surface area (Å²) >= 11 is 2.76. The topological polar surface area (TPSA) is 64.6 Å². The maximum absolute atomic E-state index is 13.4. The first-order valence-corrected chi connectivity index (χ1v) is 7.41. The lowest BCUT2D eigenvalue weighted by Gasteiger charge is -2.33. The average molecular weight is 433 g/mol. The molecule has 0 aliphatic carbocycles. The monoisotopic (exact) mass is 433 g/mol. The Morgan fingerprint density at radius 3 is 1.93 bits per heavy atom. The summed E-state index contributed by atoms with van der Waals surface area (Å²) in [6, 6.07) is 0. The molecule has 0 aliphatic rings. The third kappa shape index (κ3) is 8.77. The number of carbonyl (C=O) groups is 2. The average Bonchev–Trinajstić information content (AvgIpc) is 2.41. The van der Waals surface area contributed by atoms with Gasteiger partial charge in [0.25, 0.3) is 5.25 Å². The van der Waals surface area contributed by atoms with Gasteiger partial charge in [0, 0.05) is 18.5 Å². The van der Waals surface area contributed by atoms with Crippen molar-refractivity contribution in [3.63, 3.8) is 0 Å². The van der Waals surface area contributed by atoms with Crippen molar-refractivity contribution in [2.24, 2.45) is 0 Å². The van der Waals surface area contributed by atoms with Gasteiger partial charge < -0.3 is 14.8 Å². The molecule has 5 nitrogen and oxygen atoms in total. The first-order chi connectivity index (χ1) is 11.9. The molecule has 0 rings (SSSR count). The van der Waals surface area contributed by atoms with Crippen molar-refractivity contribution in [2.45, 2.75) is 43.2 Å². The van der Waals surface area contributed by atoms with E-state index in [2.05, 4.69) is 28.7 Å². The molecule has 0 spiro atoms. The van der Waals surface area contributed by atoms with Gasteiger partial charge in [-0.15, -0.1) is 12.6 Å². The molecule has 1 unspecified atom stereocenters. The number of carbonyl (C=O) groups excluding carboxylic acids is 2. The summed E-state index contributed by atoms with van der Waals surface area (Å²) in [6.45, 7) is 1.12. The molecular formula is C13H15F8NO4S. The van der Waals surface area contributed by atoms with Crippen LogP contribution >= 0.6 is 12.6 Å². The molecule has 0 radical (unpaired) electrons. The Morgan fingerprint density at radius 2 is 1.56 bits per heavy atom. The van der Waals surface area contributed by atoms with E-state index < -0.39 is 66.8 Å². The second kappa shape index (κ2) is 9.08. The van der Waals surface area contributed by atoms with E-state index in [-0.39, 0.29) is 0 Å². The van der Waals surface area contributed by atoms with Crippen LogP contribution in [0.5, 0.6) is 0 Å². The summed E-state index contributed by atoms with van der Waals surface area (Å²) in [5.41, 5.74) is -0.616. The molecular weight excluding hydrogens is 418 g/mol. The molecule has 0 fully saturated rings. The summed E-state index contributed by atoms with van der Waals surface area (Å²) in [5.74, 6) is -8.56. The Morgan fingerprint density at radius 1 is 1.04 bits per heavy atom. The first kappa shape index (κ1) is 25.4. The maximum Gasteiger partial charge on any atom is 0.466 e. The third-order valence-electron chi connectivity index (χ3n) is 2.66. The Bertz CT molecular complexity index is 558. The van der Waals surface area contributed by atoms with E-state index in [1.54, 1.807) is 0 Å². The minimum atomic E-state index is -5.81. The highest BCUT2D eigenvalue weighted by molar-refractivity contribution is 7.81. The SMILES string of the molecule is C=C(C)C(=O)OC(OCCC(F)(F)S)(C(=O)NCCC(F)(F)F)C(F)(F)F. The molecule has 0 heterocycles. The van der Waals surface area contributed by atoms with Crippen molar-refractivity contribution < 1.29 is 54.2 Å². The fraction of sp³-hybridized carbons (Fsp3) is 0.692. The predicted octanol–water partition coefficient (Wildman–Crippen LogP) is 3.36. The van der Waals surface area contributed by atoms with E-state index in [4.69, 9.17) is 0 Å². The predicted molar refractivity (Wildman–Crippen MR) is 77.9 cm³/mol. The smallest absolute Gasteiger partial charge is 0.412 e. The minimum absolute atomic E-state index is 0.616. The van der Waals surface area contributed by atoms with Crippen LogP contribution < -0.4 is 5.32 Å². The molecule has 0 aromatic heterocycles. The van der Waals surface area contributed by atoms with Crippen molar-refractivity contribution >= 4 is 24.5 Å². The Kier molecular flexibility index (Phi) is 8.55. The van der Waals surface area contributed by atoms with Gasteiger partial charge in [-0.1, -0.05) is 6.58 Å². The molecule has 0 aliphatic heterocycles. The molecule has 1 atom stereocenters. The van der Waals surface area contributed by atoms with Gasteiger partial charge in [-0.3, -0.25) is 4.79 Å². The number of hydrogen-bond acceptors (Lipinski definition) is 5. The number of thiol groups is 1. The van der Waals surface area contributed by atoms with Crippen molar-refractivity contribution in [1.82, 2.24) is 5.32 Å². The molecule has 0 aromatic carbocycles. The zero-order chi connectivity index (χ0) is 21.7. The number of rotatable bonds is 9. The van der Waals surface area contributed by atoms with Gasteiger partial charge in [-0.05, 0) is 6.92 Å². The largest absolute Gasteiger partial charge is 0.466 e. The van der Waals surface area contributed by atoms with Crippen LogP contribution in [0.3, 0.4) is 0 Å². The standard InChI is InChI=1S/C13H15F8NO4S/c1-7(2)8(23)26-12(13(19,20)21,25-6-4-11(17,18)27)9(24)22-5-3-10(14,15)16/h27H,1,3-6H2,2H3,(H,22,24). The zero-order valence-corrected chi connectivity index (χ0v) is 14.5. The Balaban J connectivity index is 5.65. The number of alkyl halides is 8. The lowest BCUT2D eigenvalue weighted by Crippen LogP contribution is -2.62. The van der Waals surface area contributed by atoms with E-state index >= 15 is 0 Å². The summed E-state index contributed by atoms with van der Waals surface area (Å²) in [7, 11) is 0. The molecule has 27 heavy (non-hydrogen) atoms. The van der Waals surface area contributed by atoms with Crippen LogP contribution in [0.4, 0.5) is 35.1 Å². The lowest BCUT2D eigenvalue weighted by atomic mass is 10.2. The van der Waals surface area contributed by atoms with Gasteiger partial charge in [0.15, 0.2) is 0 Å². The van der Waals surface area contributed by atoms with Gasteiger partial charge in [-0.25, -0.2) is 4.79 Å². The number of nitrogens with one attached hydrogen (secondary N) is 1. The van der Waals surface area contributed by atoms with E-state index in [9.17, 15) is 44.7 Å². The number of halogens is 8. The van der Waals surface area contributed by atoms with Gasteiger partial charge in [0.2, 0.25) is 0 Å². The van der Waals surface area contributed by atoms with E-state index in [0.29, 0.717) is 0 Å². The quantitative estimate of drug-likeness (QED) is 0.193. The second-order valence-electron chi connectivity index (χ2n) is 5.17. The Hall–Kier alpha value is -1.57. The number of ether oxygens (including phenoxy) is 2.